The highest BCUT2D eigenvalue weighted by atomic mass is 16.5. The monoisotopic (exact) mass is 170 g/mol. The molecule has 12 heavy (non-hydrogen) atoms. The van der Waals surface area contributed by atoms with Crippen LogP contribution in [0.4, 0.5) is 0 Å². The van der Waals surface area contributed by atoms with Gasteiger partial charge in [-0.1, -0.05) is 13.3 Å². The topological polar surface area (TPSA) is 43.4 Å². The third kappa shape index (κ3) is 5.65. The van der Waals surface area contributed by atoms with Crippen molar-refractivity contribution in [3.05, 3.63) is 11.6 Å². The van der Waals surface area contributed by atoms with Crippen LogP contribution >= 0.6 is 0 Å². The van der Waals surface area contributed by atoms with Crippen LogP contribution < -0.4 is 0 Å². The van der Waals surface area contributed by atoms with Gasteiger partial charge >= 0.3 is 5.97 Å². The molecule has 0 aromatic carbocycles. The molecule has 0 spiro atoms. The second-order valence-corrected chi connectivity index (χ2v) is 2.53. The van der Waals surface area contributed by atoms with E-state index in [9.17, 15) is 9.59 Å². The van der Waals surface area contributed by atoms with Crippen LogP contribution in [-0.2, 0) is 14.3 Å². The van der Waals surface area contributed by atoms with Gasteiger partial charge in [-0.3, -0.25) is 4.79 Å². The van der Waals surface area contributed by atoms with Crippen LogP contribution in [0, 0.1) is 0 Å². The maximum Gasteiger partial charge on any atom is 0.331 e. The molecule has 0 atom stereocenters. The molecule has 0 unspecified atom stereocenters. The van der Waals surface area contributed by atoms with Gasteiger partial charge in [-0.2, -0.15) is 0 Å². The Labute approximate surface area is 72.4 Å². The zero-order valence-electron chi connectivity index (χ0n) is 7.50. The van der Waals surface area contributed by atoms with Gasteiger partial charge in [0.05, 0.1) is 6.61 Å². The van der Waals surface area contributed by atoms with Gasteiger partial charge in [0.1, 0.15) is 6.29 Å². The summed E-state index contributed by atoms with van der Waals surface area (Å²) in [5.41, 5.74) is 0.386. The average Bonchev–Trinajstić information content (AvgIpc) is 2.05. The van der Waals surface area contributed by atoms with Crippen molar-refractivity contribution in [1.82, 2.24) is 0 Å². The summed E-state index contributed by atoms with van der Waals surface area (Å²) in [5, 5.41) is 0. The lowest BCUT2D eigenvalue weighted by atomic mass is 10.3. The molecule has 3 heteroatoms. The van der Waals surface area contributed by atoms with Crippen LogP contribution in [-0.4, -0.2) is 18.9 Å². The SMILES string of the molecule is CCCCOC(=O)/C=C(\C)C=O. The van der Waals surface area contributed by atoms with Gasteiger partial charge in [-0.05, 0) is 18.9 Å². The van der Waals surface area contributed by atoms with E-state index < -0.39 is 5.97 Å². The van der Waals surface area contributed by atoms with Gasteiger partial charge in [0.25, 0.3) is 0 Å². The van der Waals surface area contributed by atoms with Crippen LogP contribution in [0.3, 0.4) is 0 Å². The molecule has 0 aromatic rings. The summed E-state index contributed by atoms with van der Waals surface area (Å²) in [5.74, 6) is -0.437. The van der Waals surface area contributed by atoms with Crippen molar-refractivity contribution in [2.75, 3.05) is 6.61 Å². The first-order chi connectivity index (χ1) is 5.70. The lowest BCUT2D eigenvalue weighted by Gasteiger charge is -1.98. The fraction of sp³-hybridized carbons (Fsp3) is 0.556. The van der Waals surface area contributed by atoms with E-state index in [0.717, 1.165) is 12.8 Å². The Balaban J connectivity index is 3.66. The van der Waals surface area contributed by atoms with Gasteiger partial charge < -0.3 is 4.74 Å². The van der Waals surface area contributed by atoms with Gasteiger partial charge in [0.15, 0.2) is 0 Å². The van der Waals surface area contributed by atoms with Crippen molar-refractivity contribution in [3.63, 3.8) is 0 Å². The number of rotatable bonds is 5. The predicted molar refractivity (Wildman–Crippen MR) is 45.7 cm³/mol. The Morgan fingerprint density at radius 2 is 2.17 bits per heavy atom. The van der Waals surface area contributed by atoms with Gasteiger partial charge in [-0.25, -0.2) is 4.79 Å². The van der Waals surface area contributed by atoms with Crippen LogP contribution in [0.25, 0.3) is 0 Å². The molecule has 0 aliphatic heterocycles. The molecule has 0 heterocycles. The maximum absolute atomic E-state index is 10.8. The summed E-state index contributed by atoms with van der Waals surface area (Å²) in [6.07, 6.45) is 3.67. The first kappa shape index (κ1) is 10.9. The van der Waals surface area contributed by atoms with Crippen LogP contribution in [0.15, 0.2) is 11.6 Å². The predicted octanol–water partition coefficient (Wildman–Crippen LogP) is 1.47. The Hall–Kier alpha value is -1.12. The molecule has 0 N–H and O–H groups in total. The second-order valence-electron chi connectivity index (χ2n) is 2.53. The van der Waals surface area contributed by atoms with E-state index >= 15 is 0 Å². The molecule has 0 saturated carbocycles. The molecule has 0 aromatic heterocycles. The van der Waals surface area contributed by atoms with Gasteiger partial charge in [0.2, 0.25) is 0 Å². The third-order valence-electron chi connectivity index (χ3n) is 1.27. The van der Waals surface area contributed by atoms with E-state index in [-0.39, 0.29) is 0 Å². The second kappa shape index (κ2) is 6.58. The van der Waals surface area contributed by atoms with Crippen molar-refractivity contribution in [3.8, 4) is 0 Å². The van der Waals surface area contributed by atoms with E-state index in [1.165, 1.54) is 6.08 Å². The molecule has 0 rings (SSSR count). The number of esters is 1. The molecule has 0 radical (unpaired) electrons. The van der Waals surface area contributed by atoms with Crippen LogP contribution in [0.5, 0.6) is 0 Å². The molecule has 0 fully saturated rings. The molecular formula is C9H14O3. The van der Waals surface area contributed by atoms with Crippen LogP contribution in [0.1, 0.15) is 26.7 Å². The summed E-state index contributed by atoms with van der Waals surface area (Å²) in [4.78, 5) is 20.9. The Kier molecular flexibility index (Phi) is 5.97. The molecular weight excluding hydrogens is 156 g/mol. The van der Waals surface area contributed by atoms with Crippen molar-refractivity contribution < 1.29 is 14.3 Å². The highest BCUT2D eigenvalue weighted by Crippen LogP contribution is 1.92. The fourth-order valence-corrected chi connectivity index (χ4v) is 0.579. The first-order valence-electron chi connectivity index (χ1n) is 4.01. The van der Waals surface area contributed by atoms with E-state index in [0.29, 0.717) is 18.5 Å². The molecule has 68 valence electrons. The standard InChI is InChI=1S/C9H14O3/c1-3-4-5-12-9(11)6-8(2)7-10/h6-7H,3-5H2,1-2H3/b8-6+. The Morgan fingerprint density at radius 3 is 2.67 bits per heavy atom. The number of allylic oxidation sites excluding steroid dienone is 1. The smallest absolute Gasteiger partial charge is 0.331 e. The molecule has 0 amide bonds. The fourth-order valence-electron chi connectivity index (χ4n) is 0.579. The number of carbonyl (C=O) groups excluding carboxylic acids is 2. The highest BCUT2D eigenvalue weighted by molar-refractivity contribution is 5.89. The lowest BCUT2D eigenvalue weighted by molar-refractivity contribution is -0.138. The quantitative estimate of drug-likeness (QED) is 0.271. The van der Waals surface area contributed by atoms with E-state index in [2.05, 4.69) is 0 Å². The Bertz CT molecular complexity index is 182. The van der Waals surface area contributed by atoms with Crippen molar-refractivity contribution >= 4 is 12.3 Å². The summed E-state index contributed by atoms with van der Waals surface area (Å²) >= 11 is 0. The number of aldehydes is 1. The summed E-state index contributed by atoms with van der Waals surface area (Å²) in [7, 11) is 0. The van der Waals surface area contributed by atoms with E-state index in [1.807, 2.05) is 6.92 Å². The normalized spacial score (nSPS) is 11.0. The number of hydrogen-bond donors (Lipinski definition) is 0. The minimum absolute atomic E-state index is 0.386. The van der Waals surface area contributed by atoms with Crippen LogP contribution in [0.2, 0.25) is 0 Å². The average molecular weight is 170 g/mol. The van der Waals surface area contributed by atoms with Crippen molar-refractivity contribution in [2.24, 2.45) is 0 Å². The zero-order chi connectivity index (χ0) is 9.40. The molecule has 0 saturated heterocycles. The minimum atomic E-state index is -0.437. The molecule has 0 bridgehead atoms. The number of hydrogen-bond acceptors (Lipinski definition) is 3. The van der Waals surface area contributed by atoms with Gasteiger partial charge in [0, 0.05) is 6.08 Å². The lowest BCUT2D eigenvalue weighted by Crippen LogP contribution is -2.03. The molecule has 0 aliphatic rings. The highest BCUT2D eigenvalue weighted by Gasteiger charge is 1.97. The van der Waals surface area contributed by atoms with Crippen molar-refractivity contribution in [1.29, 1.82) is 0 Å². The number of ether oxygens (including phenoxy) is 1. The third-order valence-corrected chi connectivity index (χ3v) is 1.27. The van der Waals surface area contributed by atoms with Crippen molar-refractivity contribution in [2.45, 2.75) is 26.7 Å². The summed E-state index contributed by atoms with van der Waals surface area (Å²) in [6, 6.07) is 0. The first-order valence-corrected chi connectivity index (χ1v) is 4.01. The molecule has 0 aliphatic carbocycles. The summed E-state index contributed by atoms with van der Waals surface area (Å²) < 4.78 is 4.78. The Morgan fingerprint density at radius 1 is 1.50 bits per heavy atom. The van der Waals surface area contributed by atoms with E-state index in [1.54, 1.807) is 6.92 Å². The number of unbranched alkanes of at least 4 members (excludes halogenated alkanes) is 1. The minimum Gasteiger partial charge on any atom is -0.463 e. The van der Waals surface area contributed by atoms with Gasteiger partial charge in [-0.15, -0.1) is 0 Å². The number of carbonyl (C=O) groups is 2. The zero-order valence-corrected chi connectivity index (χ0v) is 7.50. The molecule has 3 nitrogen and oxygen atoms in total. The van der Waals surface area contributed by atoms with E-state index in [4.69, 9.17) is 4.74 Å². The largest absolute Gasteiger partial charge is 0.463 e. The maximum atomic E-state index is 10.8. The summed E-state index contributed by atoms with van der Waals surface area (Å²) in [6.45, 7) is 4.01.